The monoisotopic (exact) mass is 332 g/mol. The Morgan fingerprint density at radius 2 is 1.78 bits per heavy atom. The number of carbonyl (C=O) groups excluding carboxylic acids is 2. The van der Waals surface area contributed by atoms with Crippen molar-refractivity contribution in [3.05, 3.63) is 54.1 Å². The number of hydrogen-bond donors (Lipinski definition) is 1. The molecule has 0 aliphatic rings. The molecule has 0 unspecified atom stereocenters. The number of benzene rings is 2. The zero-order valence-electron chi connectivity index (χ0n) is 12.9. The van der Waals surface area contributed by atoms with Crippen LogP contribution in [-0.4, -0.2) is 31.9 Å². The minimum atomic E-state index is -0.306. The van der Waals surface area contributed by atoms with Gasteiger partial charge in [-0.2, -0.15) is 0 Å². The van der Waals surface area contributed by atoms with Gasteiger partial charge in [0.05, 0.1) is 18.4 Å². The molecular formula is C17H17ClN2O3. The number of alkyl halides is 1. The molecule has 2 aromatic rings. The summed E-state index contributed by atoms with van der Waals surface area (Å²) in [5.74, 6) is -0.0301. The van der Waals surface area contributed by atoms with Crippen molar-refractivity contribution in [3.63, 3.8) is 0 Å². The number of para-hydroxylation sites is 1. The van der Waals surface area contributed by atoms with Crippen LogP contribution < -0.4 is 15.0 Å². The molecule has 0 heterocycles. The van der Waals surface area contributed by atoms with Gasteiger partial charge in [0.15, 0.2) is 0 Å². The van der Waals surface area contributed by atoms with E-state index in [4.69, 9.17) is 16.3 Å². The quantitative estimate of drug-likeness (QED) is 0.856. The molecule has 6 heteroatoms. The Kier molecular flexibility index (Phi) is 5.60. The van der Waals surface area contributed by atoms with Gasteiger partial charge in [-0.15, -0.1) is 11.6 Å². The maximum absolute atomic E-state index is 12.5. The van der Waals surface area contributed by atoms with E-state index >= 15 is 0 Å². The van der Waals surface area contributed by atoms with Gasteiger partial charge in [0, 0.05) is 12.7 Å². The molecule has 5 nitrogen and oxygen atoms in total. The Hall–Kier alpha value is -2.53. The minimum absolute atomic E-state index is 0.148. The van der Waals surface area contributed by atoms with Crippen LogP contribution >= 0.6 is 11.6 Å². The van der Waals surface area contributed by atoms with Gasteiger partial charge in [0.25, 0.3) is 5.91 Å². The van der Waals surface area contributed by atoms with Crippen molar-refractivity contribution >= 4 is 34.8 Å². The molecule has 0 atom stereocenters. The van der Waals surface area contributed by atoms with Crippen molar-refractivity contribution in [1.29, 1.82) is 0 Å². The second kappa shape index (κ2) is 7.65. The summed E-state index contributed by atoms with van der Waals surface area (Å²) in [4.78, 5) is 25.6. The highest BCUT2D eigenvalue weighted by molar-refractivity contribution is 6.29. The number of hydrogen-bond acceptors (Lipinski definition) is 3. The molecule has 0 spiro atoms. The fourth-order valence-corrected chi connectivity index (χ4v) is 2.23. The van der Waals surface area contributed by atoms with Crippen LogP contribution in [0.15, 0.2) is 48.5 Å². The number of anilines is 2. The van der Waals surface area contributed by atoms with E-state index in [1.807, 2.05) is 0 Å². The number of rotatable bonds is 5. The minimum Gasteiger partial charge on any atom is -0.497 e. The first-order valence-corrected chi connectivity index (χ1v) is 7.47. The molecule has 0 aliphatic heterocycles. The van der Waals surface area contributed by atoms with E-state index in [9.17, 15) is 9.59 Å². The van der Waals surface area contributed by atoms with Crippen LogP contribution in [0.25, 0.3) is 0 Å². The van der Waals surface area contributed by atoms with Crippen molar-refractivity contribution in [2.45, 2.75) is 0 Å². The normalized spacial score (nSPS) is 10.0. The summed E-state index contributed by atoms with van der Waals surface area (Å²) in [5, 5.41) is 2.80. The highest BCUT2D eigenvalue weighted by Gasteiger charge is 2.17. The number of amides is 2. The zero-order chi connectivity index (χ0) is 16.8. The van der Waals surface area contributed by atoms with Gasteiger partial charge in [0.2, 0.25) is 5.91 Å². The summed E-state index contributed by atoms with van der Waals surface area (Å²) in [6.07, 6.45) is 0. The Morgan fingerprint density at radius 3 is 2.39 bits per heavy atom. The number of carbonyl (C=O) groups is 2. The fraction of sp³-hybridized carbons (Fsp3) is 0.176. The van der Waals surface area contributed by atoms with E-state index in [0.29, 0.717) is 22.7 Å². The van der Waals surface area contributed by atoms with Crippen LogP contribution in [0.2, 0.25) is 0 Å². The molecule has 23 heavy (non-hydrogen) atoms. The molecular weight excluding hydrogens is 316 g/mol. The first-order chi connectivity index (χ1) is 11.1. The Morgan fingerprint density at radius 1 is 1.13 bits per heavy atom. The smallest absolute Gasteiger partial charge is 0.257 e. The second-order valence-electron chi connectivity index (χ2n) is 4.79. The lowest BCUT2D eigenvalue weighted by Crippen LogP contribution is -2.29. The predicted octanol–water partition coefficient (Wildman–Crippen LogP) is 3.15. The fourth-order valence-electron chi connectivity index (χ4n) is 2.05. The molecule has 0 saturated carbocycles. The van der Waals surface area contributed by atoms with E-state index in [0.717, 1.165) is 0 Å². The molecule has 120 valence electrons. The first-order valence-electron chi connectivity index (χ1n) is 6.93. The van der Waals surface area contributed by atoms with Crippen LogP contribution in [0.3, 0.4) is 0 Å². The third kappa shape index (κ3) is 4.02. The van der Waals surface area contributed by atoms with Crippen LogP contribution in [-0.2, 0) is 4.79 Å². The van der Waals surface area contributed by atoms with Gasteiger partial charge in [-0.05, 0) is 36.4 Å². The number of nitrogens with zero attached hydrogens (tertiary/aromatic N) is 1. The van der Waals surface area contributed by atoms with Gasteiger partial charge in [0.1, 0.15) is 11.6 Å². The number of nitrogens with one attached hydrogen (secondary N) is 1. The lowest BCUT2D eigenvalue weighted by Gasteiger charge is -2.19. The summed E-state index contributed by atoms with van der Waals surface area (Å²) in [5.41, 5.74) is 1.53. The number of ether oxygens (including phenoxy) is 1. The lowest BCUT2D eigenvalue weighted by molar-refractivity contribution is -0.116. The van der Waals surface area contributed by atoms with Gasteiger partial charge >= 0.3 is 0 Å². The summed E-state index contributed by atoms with van der Waals surface area (Å²) in [7, 11) is 3.16. The number of halogens is 1. The van der Waals surface area contributed by atoms with Gasteiger partial charge in [-0.3, -0.25) is 9.59 Å². The Balaban J connectivity index is 2.23. The zero-order valence-corrected chi connectivity index (χ0v) is 13.6. The van der Waals surface area contributed by atoms with Gasteiger partial charge in [-0.25, -0.2) is 0 Å². The van der Waals surface area contributed by atoms with Crippen LogP contribution in [0.5, 0.6) is 5.75 Å². The van der Waals surface area contributed by atoms with E-state index < -0.39 is 0 Å². The third-order valence-electron chi connectivity index (χ3n) is 3.35. The molecule has 0 aliphatic carbocycles. The third-order valence-corrected chi connectivity index (χ3v) is 3.57. The van der Waals surface area contributed by atoms with Crippen LogP contribution in [0, 0.1) is 0 Å². The maximum atomic E-state index is 12.5. The van der Waals surface area contributed by atoms with E-state index in [1.54, 1.807) is 62.7 Å². The summed E-state index contributed by atoms with van der Waals surface area (Å²) >= 11 is 5.58. The molecule has 2 aromatic carbocycles. The average Bonchev–Trinajstić information content (AvgIpc) is 2.61. The summed E-state index contributed by atoms with van der Waals surface area (Å²) in [6, 6.07) is 13.9. The first kappa shape index (κ1) is 16.8. The Bertz CT molecular complexity index is 701. The highest BCUT2D eigenvalue weighted by Crippen LogP contribution is 2.22. The molecule has 0 fully saturated rings. The van der Waals surface area contributed by atoms with Crippen molar-refractivity contribution in [2.75, 3.05) is 30.3 Å². The summed E-state index contributed by atoms with van der Waals surface area (Å²) < 4.78 is 5.08. The van der Waals surface area contributed by atoms with Crippen LogP contribution in [0.4, 0.5) is 11.4 Å². The topological polar surface area (TPSA) is 58.6 Å². The van der Waals surface area contributed by atoms with Crippen molar-refractivity contribution in [1.82, 2.24) is 0 Å². The Labute approximate surface area is 139 Å². The van der Waals surface area contributed by atoms with Crippen LogP contribution in [0.1, 0.15) is 10.4 Å². The van der Waals surface area contributed by atoms with Gasteiger partial charge < -0.3 is 15.0 Å². The van der Waals surface area contributed by atoms with Crippen molar-refractivity contribution in [2.24, 2.45) is 0 Å². The molecule has 0 bridgehead atoms. The lowest BCUT2D eigenvalue weighted by atomic mass is 10.1. The molecule has 1 N–H and O–H groups in total. The molecule has 2 amide bonds. The number of methoxy groups -OCH3 is 1. The van der Waals surface area contributed by atoms with Gasteiger partial charge in [-0.1, -0.05) is 12.1 Å². The summed E-state index contributed by atoms with van der Waals surface area (Å²) in [6.45, 7) is 0. The maximum Gasteiger partial charge on any atom is 0.257 e. The molecule has 0 aromatic heterocycles. The average molecular weight is 333 g/mol. The largest absolute Gasteiger partial charge is 0.497 e. The van der Waals surface area contributed by atoms with E-state index in [-0.39, 0.29) is 17.7 Å². The molecule has 0 radical (unpaired) electrons. The molecule has 2 rings (SSSR count). The predicted molar refractivity (Wildman–Crippen MR) is 91.5 cm³/mol. The SMILES string of the molecule is COc1ccc(NC(=O)c2ccccc2N(C)C(=O)CCl)cc1. The standard InChI is InChI=1S/C17H17ClN2O3/c1-20(16(21)11-18)15-6-4-3-5-14(15)17(22)19-12-7-9-13(23-2)10-8-12/h3-10H,11H2,1-2H3,(H,19,22). The van der Waals surface area contributed by atoms with E-state index in [2.05, 4.69) is 5.32 Å². The van der Waals surface area contributed by atoms with Crippen molar-refractivity contribution < 1.29 is 14.3 Å². The second-order valence-corrected chi connectivity index (χ2v) is 5.05. The van der Waals surface area contributed by atoms with E-state index in [1.165, 1.54) is 4.90 Å². The van der Waals surface area contributed by atoms with Crippen molar-refractivity contribution in [3.8, 4) is 5.75 Å². The highest BCUT2D eigenvalue weighted by atomic mass is 35.5. The molecule has 0 saturated heterocycles.